The maximum absolute atomic E-state index is 5.91. The smallest absolute Gasteiger partial charge is 0.119 e. The van der Waals surface area contributed by atoms with Crippen LogP contribution in [0.3, 0.4) is 0 Å². The molecule has 0 spiro atoms. The van der Waals surface area contributed by atoms with Crippen LogP contribution in [0, 0.1) is 0 Å². The van der Waals surface area contributed by atoms with Gasteiger partial charge >= 0.3 is 0 Å². The Balaban J connectivity index is 1.44. The fraction of sp³-hybridized carbons (Fsp3) is 0.455. The second-order valence-electron chi connectivity index (χ2n) is 6.71. The van der Waals surface area contributed by atoms with Crippen molar-refractivity contribution in [2.45, 2.75) is 32.6 Å². The maximum Gasteiger partial charge on any atom is 0.119 e. The second kappa shape index (κ2) is 10.1. The fourth-order valence-corrected chi connectivity index (χ4v) is 3.25. The molecule has 0 bridgehead atoms. The molecule has 0 atom stereocenters. The number of benzene rings is 2. The van der Waals surface area contributed by atoms with E-state index < -0.39 is 0 Å². The van der Waals surface area contributed by atoms with Crippen LogP contribution < -0.4 is 14.8 Å². The largest absolute Gasteiger partial charge is 0.494 e. The van der Waals surface area contributed by atoms with E-state index in [1.807, 2.05) is 43.3 Å². The van der Waals surface area contributed by atoms with Crippen molar-refractivity contribution in [3.63, 3.8) is 0 Å². The van der Waals surface area contributed by atoms with Crippen molar-refractivity contribution in [1.29, 1.82) is 0 Å². The summed E-state index contributed by atoms with van der Waals surface area (Å²) in [6.07, 6.45) is 5.40. The monoisotopic (exact) mass is 354 g/mol. The first-order valence-electron chi connectivity index (χ1n) is 9.78. The zero-order chi connectivity index (χ0) is 18.0. The van der Waals surface area contributed by atoms with Crippen LogP contribution in [-0.2, 0) is 0 Å². The Hall–Kier alpha value is -2.20. The molecule has 0 unspecified atom stereocenters. The van der Waals surface area contributed by atoms with E-state index in [2.05, 4.69) is 22.3 Å². The summed E-state index contributed by atoms with van der Waals surface area (Å²) in [5.41, 5.74) is 2.09. The summed E-state index contributed by atoms with van der Waals surface area (Å²) in [5.74, 6) is 1.82. The van der Waals surface area contributed by atoms with Crippen LogP contribution in [0.1, 0.15) is 32.6 Å². The first-order valence-corrected chi connectivity index (χ1v) is 9.78. The van der Waals surface area contributed by atoms with Gasteiger partial charge in [0.25, 0.3) is 0 Å². The molecular formula is C22H30N2O2. The Morgan fingerprint density at radius 2 is 1.31 bits per heavy atom. The van der Waals surface area contributed by atoms with Crippen LogP contribution >= 0.6 is 0 Å². The zero-order valence-corrected chi connectivity index (χ0v) is 15.7. The van der Waals surface area contributed by atoms with Gasteiger partial charge in [0.2, 0.25) is 0 Å². The molecule has 2 aromatic carbocycles. The Bertz CT molecular complexity index is 632. The molecule has 0 saturated carbocycles. The minimum absolute atomic E-state index is 0.687. The average Bonchev–Trinajstić information content (AvgIpc) is 2.94. The van der Waals surface area contributed by atoms with E-state index >= 15 is 0 Å². The summed E-state index contributed by atoms with van der Waals surface area (Å²) in [7, 11) is 0. The number of ether oxygens (including phenoxy) is 2. The van der Waals surface area contributed by atoms with Crippen LogP contribution in [0.15, 0.2) is 48.5 Å². The van der Waals surface area contributed by atoms with Gasteiger partial charge in [-0.25, -0.2) is 0 Å². The molecule has 4 heteroatoms. The molecule has 2 aromatic rings. The van der Waals surface area contributed by atoms with Gasteiger partial charge in [0.1, 0.15) is 18.1 Å². The lowest BCUT2D eigenvalue weighted by Gasteiger charge is -2.19. The van der Waals surface area contributed by atoms with Crippen molar-refractivity contribution in [2.75, 3.05) is 38.2 Å². The van der Waals surface area contributed by atoms with Crippen LogP contribution in [0.25, 0.3) is 0 Å². The molecule has 140 valence electrons. The van der Waals surface area contributed by atoms with Crippen LogP contribution in [0.5, 0.6) is 11.5 Å². The Labute approximate surface area is 157 Å². The summed E-state index contributed by atoms with van der Waals surface area (Å²) >= 11 is 0. The molecule has 4 nitrogen and oxygen atoms in total. The molecule has 1 fully saturated rings. The minimum atomic E-state index is 0.687. The van der Waals surface area contributed by atoms with Crippen molar-refractivity contribution < 1.29 is 9.47 Å². The predicted molar refractivity (Wildman–Crippen MR) is 108 cm³/mol. The topological polar surface area (TPSA) is 33.7 Å². The third kappa shape index (κ3) is 5.95. The molecule has 0 aliphatic carbocycles. The van der Waals surface area contributed by atoms with E-state index in [0.29, 0.717) is 6.61 Å². The quantitative estimate of drug-likeness (QED) is 0.716. The van der Waals surface area contributed by atoms with Gasteiger partial charge in [-0.05, 0) is 81.4 Å². The van der Waals surface area contributed by atoms with E-state index in [-0.39, 0.29) is 0 Å². The fourth-order valence-electron chi connectivity index (χ4n) is 3.25. The van der Waals surface area contributed by atoms with Crippen molar-refractivity contribution in [1.82, 2.24) is 4.90 Å². The van der Waals surface area contributed by atoms with Gasteiger partial charge in [-0.1, -0.05) is 12.8 Å². The summed E-state index contributed by atoms with van der Waals surface area (Å²) in [6.45, 7) is 6.89. The van der Waals surface area contributed by atoms with E-state index in [4.69, 9.17) is 9.47 Å². The van der Waals surface area contributed by atoms with Gasteiger partial charge in [0.15, 0.2) is 0 Å². The molecule has 0 aromatic heterocycles. The van der Waals surface area contributed by atoms with Gasteiger partial charge < -0.3 is 14.8 Å². The first-order chi connectivity index (χ1) is 12.8. The predicted octanol–water partition coefficient (Wildman–Crippen LogP) is 5.08. The highest BCUT2D eigenvalue weighted by molar-refractivity contribution is 5.60. The highest BCUT2D eigenvalue weighted by Gasteiger charge is 2.08. The maximum atomic E-state index is 5.91. The van der Waals surface area contributed by atoms with Crippen molar-refractivity contribution in [3.8, 4) is 11.5 Å². The Morgan fingerprint density at radius 1 is 0.769 bits per heavy atom. The lowest BCUT2D eigenvalue weighted by Crippen LogP contribution is -2.29. The molecule has 1 heterocycles. The normalized spacial score (nSPS) is 15.3. The summed E-state index contributed by atoms with van der Waals surface area (Å²) in [5, 5.41) is 3.40. The molecule has 1 N–H and O–H groups in total. The van der Waals surface area contributed by atoms with Crippen molar-refractivity contribution in [2.24, 2.45) is 0 Å². The number of rotatable bonds is 8. The Morgan fingerprint density at radius 3 is 1.85 bits per heavy atom. The van der Waals surface area contributed by atoms with Gasteiger partial charge in [-0.15, -0.1) is 0 Å². The van der Waals surface area contributed by atoms with Crippen LogP contribution in [0.4, 0.5) is 11.4 Å². The molecule has 0 radical (unpaired) electrons. The minimum Gasteiger partial charge on any atom is -0.494 e. The standard InChI is InChI=1S/C22H30N2O2/c1-2-25-21-11-7-19(8-12-21)23-20-9-13-22(14-10-20)26-18-17-24-15-5-3-4-6-16-24/h7-14,23H,2-6,15-18H2,1H3. The number of hydrogen-bond acceptors (Lipinski definition) is 4. The Kier molecular flexibility index (Phi) is 7.20. The molecule has 1 aliphatic rings. The average molecular weight is 354 g/mol. The number of nitrogens with one attached hydrogen (secondary N) is 1. The molecule has 26 heavy (non-hydrogen) atoms. The van der Waals surface area contributed by atoms with Crippen molar-refractivity contribution in [3.05, 3.63) is 48.5 Å². The number of hydrogen-bond donors (Lipinski definition) is 1. The van der Waals surface area contributed by atoms with Gasteiger partial charge in [0, 0.05) is 17.9 Å². The van der Waals surface area contributed by atoms with Crippen molar-refractivity contribution >= 4 is 11.4 Å². The highest BCUT2D eigenvalue weighted by Crippen LogP contribution is 2.22. The lowest BCUT2D eigenvalue weighted by atomic mass is 10.2. The molecular weight excluding hydrogens is 324 g/mol. The van der Waals surface area contributed by atoms with Crippen LogP contribution in [0.2, 0.25) is 0 Å². The summed E-state index contributed by atoms with van der Waals surface area (Å²) in [6, 6.07) is 16.2. The number of likely N-dealkylation sites (tertiary alicyclic amines) is 1. The SMILES string of the molecule is CCOc1ccc(Nc2ccc(OCCN3CCCCCC3)cc2)cc1. The molecule has 1 aliphatic heterocycles. The third-order valence-electron chi connectivity index (χ3n) is 4.68. The molecule has 3 rings (SSSR count). The third-order valence-corrected chi connectivity index (χ3v) is 4.68. The van der Waals surface area contributed by atoms with E-state index in [1.54, 1.807) is 0 Å². The summed E-state index contributed by atoms with van der Waals surface area (Å²) < 4.78 is 11.4. The van der Waals surface area contributed by atoms with Gasteiger partial charge in [-0.2, -0.15) is 0 Å². The first kappa shape index (κ1) is 18.6. The van der Waals surface area contributed by atoms with E-state index in [0.717, 1.165) is 36.0 Å². The molecule has 1 saturated heterocycles. The van der Waals surface area contributed by atoms with E-state index in [1.165, 1.54) is 38.8 Å². The second-order valence-corrected chi connectivity index (χ2v) is 6.71. The van der Waals surface area contributed by atoms with E-state index in [9.17, 15) is 0 Å². The van der Waals surface area contributed by atoms with Gasteiger partial charge in [0.05, 0.1) is 6.61 Å². The zero-order valence-electron chi connectivity index (χ0n) is 15.7. The number of anilines is 2. The van der Waals surface area contributed by atoms with Gasteiger partial charge in [-0.3, -0.25) is 4.90 Å². The highest BCUT2D eigenvalue weighted by atomic mass is 16.5. The molecule has 0 amide bonds. The lowest BCUT2D eigenvalue weighted by molar-refractivity contribution is 0.214. The van der Waals surface area contributed by atoms with Crippen LogP contribution in [-0.4, -0.2) is 37.7 Å². The summed E-state index contributed by atoms with van der Waals surface area (Å²) in [4.78, 5) is 2.52. The number of nitrogens with zero attached hydrogens (tertiary/aromatic N) is 1.